The number of carbonyl (C=O) groups is 1. The Morgan fingerprint density at radius 3 is 2.55 bits per heavy atom. The number of aliphatic hydroxyl groups is 1. The number of ketones is 1. The molecule has 0 aromatic carbocycles. The van der Waals surface area contributed by atoms with Crippen LogP contribution in [0.2, 0.25) is 0 Å². The van der Waals surface area contributed by atoms with Crippen LogP contribution in [-0.4, -0.2) is 17.0 Å². The highest BCUT2D eigenvalue weighted by Crippen LogP contribution is 2.35. The lowest BCUT2D eigenvalue weighted by Crippen LogP contribution is -2.40. The smallest absolute Gasteiger partial charge is 0.141 e. The van der Waals surface area contributed by atoms with E-state index in [9.17, 15) is 9.90 Å². The number of aliphatic hydroxyl groups excluding tert-OH is 1. The molecule has 1 rings (SSSR count). The Bertz CT molecular complexity index is 172. The van der Waals surface area contributed by atoms with Crippen molar-refractivity contribution in [2.24, 2.45) is 11.3 Å². The van der Waals surface area contributed by atoms with Crippen LogP contribution in [0.3, 0.4) is 0 Å². The fraction of sp³-hybridized carbons (Fsp3) is 0.889. The Kier molecular flexibility index (Phi) is 2.06. The van der Waals surface area contributed by atoms with Gasteiger partial charge in [-0.15, -0.1) is 0 Å². The van der Waals surface area contributed by atoms with Gasteiger partial charge in [0.25, 0.3) is 0 Å². The zero-order valence-electron chi connectivity index (χ0n) is 7.42. The lowest BCUT2D eigenvalue weighted by Gasteiger charge is -2.34. The summed E-state index contributed by atoms with van der Waals surface area (Å²) in [6.45, 7) is 5.72. The molecule has 0 heterocycles. The van der Waals surface area contributed by atoms with Crippen LogP contribution in [0.5, 0.6) is 0 Å². The number of hydrogen-bond acceptors (Lipinski definition) is 2. The Morgan fingerprint density at radius 1 is 1.55 bits per heavy atom. The van der Waals surface area contributed by atoms with Crippen LogP contribution in [0, 0.1) is 11.3 Å². The first-order valence-corrected chi connectivity index (χ1v) is 4.16. The van der Waals surface area contributed by atoms with E-state index in [0.29, 0.717) is 18.6 Å². The van der Waals surface area contributed by atoms with Crippen molar-refractivity contribution in [3.8, 4) is 0 Å². The van der Waals surface area contributed by atoms with Crippen molar-refractivity contribution in [2.75, 3.05) is 0 Å². The Labute approximate surface area is 67.6 Å². The van der Waals surface area contributed by atoms with Crippen LogP contribution in [0.15, 0.2) is 0 Å². The van der Waals surface area contributed by atoms with Gasteiger partial charge in [-0.1, -0.05) is 20.8 Å². The first-order valence-electron chi connectivity index (χ1n) is 4.16. The van der Waals surface area contributed by atoms with E-state index in [1.807, 2.05) is 20.8 Å². The van der Waals surface area contributed by atoms with Crippen LogP contribution >= 0.6 is 0 Å². The monoisotopic (exact) mass is 156 g/mol. The summed E-state index contributed by atoms with van der Waals surface area (Å²) in [5.74, 6) is 0.330. The van der Waals surface area contributed by atoms with E-state index in [2.05, 4.69) is 0 Å². The average molecular weight is 156 g/mol. The van der Waals surface area contributed by atoms with Crippen LogP contribution in [0.4, 0.5) is 0 Å². The SMILES string of the molecule is C[C@@H]1C[C@H](O)CC(C)(C)C1=O. The number of rotatable bonds is 0. The van der Waals surface area contributed by atoms with Crippen molar-refractivity contribution in [3.05, 3.63) is 0 Å². The summed E-state index contributed by atoms with van der Waals surface area (Å²) in [6, 6.07) is 0. The molecule has 2 atom stereocenters. The molecule has 2 nitrogen and oxygen atoms in total. The third-order valence-corrected chi connectivity index (χ3v) is 2.49. The fourth-order valence-electron chi connectivity index (χ4n) is 1.96. The Hall–Kier alpha value is -0.370. The van der Waals surface area contributed by atoms with E-state index < -0.39 is 0 Å². The van der Waals surface area contributed by atoms with Gasteiger partial charge in [0.2, 0.25) is 0 Å². The van der Waals surface area contributed by atoms with Crippen LogP contribution < -0.4 is 0 Å². The maximum Gasteiger partial charge on any atom is 0.141 e. The molecule has 1 fully saturated rings. The standard InChI is InChI=1S/C9H16O2/c1-6-4-7(10)5-9(2,3)8(6)11/h6-7,10H,4-5H2,1-3H3/t6-,7+/m1/s1. The van der Waals surface area contributed by atoms with E-state index in [4.69, 9.17) is 0 Å². The maximum atomic E-state index is 11.5. The molecule has 1 aliphatic rings. The van der Waals surface area contributed by atoms with Crippen molar-refractivity contribution in [1.29, 1.82) is 0 Å². The second kappa shape index (κ2) is 2.59. The molecule has 0 amide bonds. The van der Waals surface area contributed by atoms with Gasteiger partial charge in [-0.05, 0) is 12.8 Å². The minimum atomic E-state index is -0.308. The van der Waals surface area contributed by atoms with Gasteiger partial charge < -0.3 is 5.11 Å². The van der Waals surface area contributed by atoms with Gasteiger partial charge in [-0.25, -0.2) is 0 Å². The van der Waals surface area contributed by atoms with Gasteiger partial charge in [-0.3, -0.25) is 4.79 Å². The van der Waals surface area contributed by atoms with Crippen molar-refractivity contribution < 1.29 is 9.90 Å². The van der Waals surface area contributed by atoms with Gasteiger partial charge in [0.15, 0.2) is 0 Å². The molecule has 1 aliphatic carbocycles. The van der Waals surface area contributed by atoms with E-state index in [0.717, 1.165) is 0 Å². The number of hydrogen-bond donors (Lipinski definition) is 1. The third kappa shape index (κ3) is 1.62. The van der Waals surface area contributed by atoms with Gasteiger partial charge in [-0.2, -0.15) is 0 Å². The molecule has 0 aliphatic heterocycles. The Balaban J connectivity index is 2.75. The van der Waals surface area contributed by atoms with Crippen molar-refractivity contribution in [3.63, 3.8) is 0 Å². The summed E-state index contributed by atoms with van der Waals surface area (Å²) < 4.78 is 0. The van der Waals surface area contributed by atoms with Gasteiger partial charge in [0.1, 0.15) is 5.78 Å². The minimum absolute atomic E-state index is 0.0359. The minimum Gasteiger partial charge on any atom is -0.393 e. The molecule has 11 heavy (non-hydrogen) atoms. The highest BCUT2D eigenvalue weighted by molar-refractivity contribution is 5.86. The molecule has 1 N–H and O–H groups in total. The van der Waals surface area contributed by atoms with Crippen LogP contribution in [0.25, 0.3) is 0 Å². The summed E-state index contributed by atoms with van der Waals surface area (Å²) in [5.41, 5.74) is -0.308. The largest absolute Gasteiger partial charge is 0.393 e. The molecule has 0 saturated heterocycles. The molecular weight excluding hydrogens is 140 g/mol. The van der Waals surface area contributed by atoms with Crippen molar-refractivity contribution in [2.45, 2.75) is 39.7 Å². The summed E-state index contributed by atoms with van der Waals surface area (Å²) >= 11 is 0. The second-order valence-electron chi connectivity index (χ2n) is 4.24. The van der Waals surface area contributed by atoms with Crippen molar-refractivity contribution in [1.82, 2.24) is 0 Å². The average Bonchev–Trinajstić information content (AvgIpc) is 1.81. The molecule has 0 bridgehead atoms. The zero-order chi connectivity index (χ0) is 8.65. The predicted octanol–water partition coefficient (Wildman–Crippen LogP) is 1.37. The van der Waals surface area contributed by atoms with Gasteiger partial charge in [0, 0.05) is 11.3 Å². The molecular formula is C9H16O2. The first kappa shape index (κ1) is 8.72. The highest BCUT2D eigenvalue weighted by atomic mass is 16.3. The normalized spacial score (nSPS) is 37.3. The summed E-state index contributed by atoms with van der Waals surface area (Å²) in [5, 5.41) is 9.38. The maximum absolute atomic E-state index is 11.5. The van der Waals surface area contributed by atoms with E-state index in [1.165, 1.54) is 0 Å². The molecule has 64 valence electrons. The van der Waals surface area contributed by atoms with E-state index >= 15 is 0 Å². The first-order chi connectivity index (χ1) is 4.93. The van der Waals surface area contributed by atoms with Gasteiger partial charge >= 0.3 is 0 Å². The molecule has 0 aromatic rings. The lowest BCUT2D eigenvalue weighted by atomic mass is 9.70. The lowest BCUT2D eigenvalue weighted by molar-refractivity contribution is -0.137. The molecule has 0 unspecified atom stereocenters. The van der Waals surface area contributed by atoms with E-state index in [1.54, 1.807) is 0 Å². The summed E-state index contributed by atoms with van der Waals surface area (Å²) in [6.07, 6.45) is 0.982. The Morgan fingerprint density at radius 2 is 2.09 bits per heavy atom. The van der Waals surface area contributed by atoms with Gasteiger partial charge in [0.05, 0.1) is 6.10 Å². The molecule has 0 aromatic heterocycles. The summed E-state index contributed by atoms with van der Waals surface area (Å²) in [7, 11) is 0. The predicted molar refractivity (Wildman–Crippen MR) is 43.2 cm³/mol. The fourth-order valence-corrected chi connectivity index (χ4v) is 1.96. The number of Topliss-reactive ketones (excluding diaryl/α,β-unsaturated/α-hetero) is 1. The quantitative estimate of drug-likeness (QED) is 0.575. The topological polar surface area (TPSA) is 37.3 Å². The third-order valence-electron chi connectivity index (χ3n) is 2.49. The molecule has 1 saturated carbocycles. The highest BCUT2D eigenvalue weighted by Gasteiger charge is 2.38. The van der Waals surface area contributed by atoms with Crippen molar-refractivity contribution >= 4 is 5.78 Å². The van der Waals surface area contributed by atoms with E-state index in [-0.39, 0.29) is 17.4 Å². The molecule has 0 radical (unpaired) electrons. The number of carbonyl (C=O) groups excluding carboxylic acids is 1. The second-order valence-corrected chi connectivity index (χ2v) is 4.24. The summed E-state index contributed by atoms with van der Waals surface area (Å²) in [4.78, 5) is 11.5. The zero-order valence-corrected chi connectivity index (χ0v) is 7.42. The molecule has 0 spiro atoms. The molecule has 2 heteroatoms. The van der Waals surface area contributed by atoms with Crippen LogP contribution in [0.1, 0.15) is 33.6 Å². The van der Waals surface area contributed by atoms with Crippen LogP contribution in [-0.2, 0) is 4.79 Å².